The highest BCUT2D eigenvalue weighted by Gasteiger charge is 2.10. The Kier molecular flexibility index (Phi) is 3.67. The molecule has 0 radical (unpaired) electrons. The van der Waals surface area contributed by atoms with Crippen LogP contribution in [0.4, 0.5) is 5.82 Å². The number of rotatable bonds is 4. The molecule has 0 aliphatic heterocycles. The van der Waals surface area contributed by atoms with E-state index in [4.69, 9.17) is 10.2 Å². The van der Waals surface area contributed by atoms with Crippen LogP contribution >= 0.6 is 0 Å². The van der Waals surface area contributed by atoms with Crippen LogP contribution in [0.3, 0.4) is 0 Å². The minimum absolute atomic E-state index is 0.490. The van der Waals surface area contributed by atoms with Crippen LogP contribution in [0.1, 0.15) is 22.8 Å². The molecule has 18 heavy (non-hydrogen) atoms. The van der Waals surface area contributed by atoms with Crippen molar-refractivity contribution in [1.82, 2.24) is 4.98 Å². The summed E-state index contributed by atoms with van der Waals surface area (Å²) < 4.78 is 5.58. The number of nitrogens with two attached hydrogens (primary N) is 1. The Balaban J connectivity index is 2.22. The van der Waals surface area contributed by atoms with Gasteiger partial charge in [0.15, 0.2) is 0 Å². The van der Waals surface area contributed by atoms with Crippen molar-refractivity contribution in [3.8, 4) is 0 Å². The maximum atomic E-state index is 5.75. The number of hydrogen-bond acceptors (Lipinski definition) is 4. The van der Waals surface area contributed by atoms with Crippen LogP contribution in [0.2, 0.25) is 0 Å². The largest absolute Gasteiger partial charge is 0.464 e. The molecule has 0 amide bonds. The Hall–Kier alpha value is -1.81. The average Bonchev–Trinajstić information content (AvgIpc) is 2.74. The van der Waals surface area contributed by atoms with Gasteiger partial charge in [0.1, 0.15) is 17.3 Å². The second-order valence-electron chi connectivity index (χ2n) is 4.51. The van der Waals surface area contributed by atoms with Crippen LogP contribution in [0, 0.1) is 13.8 Å². The molecule has 0 saturated carbocycles. The quantitative estimate of drug-likeness (QED) is 0.898. The summed E-state index contributed by atoms with van der Waals surface area (Å²) in [4.78, 5) is 6.61. The molecule has 2 aromatic heterocycles. The van der Waals surface area contributed by atoms with E-state index in [2.05, 4.69) is 9.88 Å². The molecule has 0 spiro atoms. The van der Waals surface area contributed by atoms with Crippen molar-refractivity contribution in [2.24, 2.45) is 5.73 Å². The molecule has 4 nitrogen and oxygen atoms in total. The summed E-state index contributed by atoms with van der Waals surface area (Å²) in [6, 6.07) is 7.97. The first-order chi connectivity index (χ1) is 8.60. The zero-order valence-corrected chi connectivity index (χ0v) is 11.1. The van der Waals surface area contributed by atoms with Gasteiger partial charge in [0.25, 0.3) is 0 Å². The van der Waals surface area contributed by atoms with E-state index >= 15 is 0 Å². The third-order valence-electron chi connectivity index (χ3n) is 2.87. The van der Waals surface area contributed by atoms with Gasteiger partial charge in [0, 0.05) is 24.8 Å². The lowest BCUT2D eigenvalue weighted by Crippen LogP contribution is -2.20. The maximum Gasteiger partial charge on any atom is 0.133 e. The normalized spacial score (nSPS) is 10.7. The molecule has 0 saturated heterocycles. The second-order valence-corrected chi connectivity index (χ2v) is 4.51. The summed E-state index contributed by atoms with van der Waals surface area (Å²) in [6.45, 7) is 5.11. The Bertz CT molecular complexity index is 534. The average molecular weight is 245 g/mol. The number of aromatic nitrogens is 1. The fraction of sp³-hybridized carbons (Fsp3) is 0.357. The van der Waals surface area contributed by atoms with E-state index in [1.807, 2.05) is 45.2 Å². The van der Waals surface area contributed by atoms with E-state index in [0.29, 0.717) is 13.1 Å². The van der Waals surface area contributed by atoms with Crippen molar-refractivity contribution in [3.63, 3.8) is 0 Å². The van der Waals surface area contributed by atoms with Gasteiger partial charge in [-0.1, -0.05) is 6.07 Å². The van der Waals surface area contributed by atoms with Crippen LogP contribution < -0.4 is 10.6 Å². The zero-order valence-electron chi connectivity index (χ0n) is 11.1. The van der Waals surface area contributed by atoms with Gasteiger partial charge in [-0.15, -0.1) is 0 Å². The minimum Gasteiger partial charge on any atom is -0.464 e. The summed E-state index contributed by atoms with van der Waals surface area (Å²) in [7, 11) is 2.00. The lowest BCUT2D eigenvalue weighted by atomic mass is 10.2. The van der Waals surface area contributed by atoms with Crippen LogP contribution in [-0.2, 0) is 13.1 Å². The number of hydrogen-bond donors (Lipinski definition) is 1. The molecule has 0 fully saturated rings. The van der Waals surface area contributed by atoms with Crippen molar-refractivity contribution in [2.45, 2.75) is 26.9 Å². The monoisotopic (exact) mass is 245 g/mol. The smallest absolute Gasteiger partial charge is 0.133 e. The second kappa shape index (κ2) is 5.23. The summed E-state index contributed by atoms with van der Waals surface area (Å²) in [5, 5.41) is 0. The number of pyridine rings is 1. The number of nitrogens with zero attached hydrogens (tertiary/aromatic N) is 2. The Morgan fingerprint density at radius 1 is 1.22 bits per heavy atom. The molecule has 0 bridgehead atoms. The van der Waals surface area contributed by atoms with Crippen molar-refractivity contribution in [1.29, 1.82) is 0 Å². The molecule has 0 atom stereocenters. The highest BCUT2D eigenvalue weighted by atomic mass is 16.3. The van der Waals surface area contributed by atoms with Gasteiger partial charge in [0.05, 0.1) is 6.54 Å². The molecule has 2 heterocycles. The molecule has 0 unspecified atom stereocenters. The highest BCUT2D eigenvalue weighted by molar-refractivity contribution is 5.47. The van der Waals surface area contributed by atoms with Gasteiger partial charge < -0.3 is 15.1 Å². The fourth-order valence-electron chi connectivity index (χ4n) is 1.94. The Labute approximate surface area is 107 Å². The van der Waals surface area contributed by atoms with Gasteiger partial charge in [-0.05, 0) is 32.0 Å². The molecule has 2 rings (SSSR count). The van der Waals surface area contributed by atoms with Gasteiger partial charge in [0.2, 0.25) is 0 Å². The van der Waals surface area contributed by atoms with Gasteiger partial charge in [-0.3, -0.25) is 0 Å². The molecular weight excluding hydrogens is 226 g/mol. The summed E-state index contributed by atoms with van der Waals surface area (Å²) in [5.41, 5.74) is 7.78. The van der Waals surface area contributed by atoms with E-state index in [1.165, 1.54) is 0 Å². The third kappa shape index (κ3) is 2.71. The third-order valence-corrected chi connectivity index (χ3v) is 2.87. The van der Waals surface area contributed by atoms with E-state index in [-0.39, 0.29) is 0 Å². The van der Waals surface area contributed by atoms with Crippen molar-refractivity contribution < 1.29 is 4.42 Å². The summed E-state index contributed by atoms with van der Waals surface area (Å²) in [6.07, 6.45) is 0. The lowest BCUT2D eigenvalue weighted by molar-refractivity contribution is 0.481. The predicted molar refractivity (Wildman–Crippen MR) is 72.4 cm³/mol. The SMILES string of the molecule is Cc1ccc(CN)c(N(C)Cc2ccc(C)o2)n1. The van der Waals surface area contributed by atoms with Crippen molar-refractivity contribution >= 4 is 5.82 Å². The molecule has 0 aliphatic carbocycles. The topological polar surface area (TPSA) is 55.3 Å². The molecule has 0 aromatic carbocycles. The minimum atomic E-state index is 0.490. The highest BCUT2D eigenvalue weighted by Crippen LogP contribution is 2.19. The van der Waals surface area contributed by atoms with Gasteiger partial charge in [-0.2, -0.15) is 0 Å². The van der Waals surface area contributed by atoms with Crippen molar-refractivity contribution in [3.05, 3.63) is 47.0 Å². The van der Waals surface area contributed by atoms with Crippen LogP contribution in [-0.4, -0.2) is 12.0 Å². The maximum absolute atomic E-state index is 5.75. The zero-order chi connectivity index (χ0) is 13.1. The molecule has 2 aromatic rings. The van der Waals surface area contributed by atoms with Crippen molar-refractivity contribution in [2.75, 3.05) is 11.9 Å². The molecule has 0 aliphatic rings. The Morgan fingerprint density at radius 2 is 2.00 bits per heavy atom. The first-order valence-corrected chi connectivity index (χ1v) is 6.03. The van der Waals surface area contributed by atoms with Gasteiger partial charge in [-0.25, -0.2) is 4.98 Å². The molecule has 4 heteroatoms. The summed E-state index contributed by atoms with van der Waals surface area (Å²) in [5.74, 6) is 2.78. The van der Waals surface area contributed by atoms with E-state index in [0.717, 1.165) is 28.6 Å². The fourth-order valence-corrected chi connectivity index (χ4v) is 1.94. The van der Waals surface area contributed by atoms with Crippen LogP contribution in [0.25, 0.3) is 0 Å². The lowest BCUT2D eigenvalue weighted by Gasteiger charge is -2.20. The molecular formula is C14H19N3O. The van der Waals surface area contributed by atoms with Gasteiger partial charge >= 0.3 is 0 Å². The summed E-state index contributed by atoms with van der Waals surface area (Å²) >= 11 is 0. The van der Waals surface area contributed by atoms with Crippen LogP contribution in [0.5, 0.6) is 0 Å². The first kappa shape index (κ1) is 12.6. The number of furan rings is 1. The predicted octanol–water partition coefficient (Wildman–Crippen LogP) is 2.39. The number of aryl methyl sites for hydroxylation is 2. The number of anilines is 1. The molecule has 96 valence electrons. The first-order valence-electron chi connectivity index (χ1n) is 6.03. The standard InChI is InChI=1S/C14H19N3O/c1-10-4-6-12(8-15)14(16-10)17(3)9-13-7-5-11(2)18-13/h4-7H,8-9,15H2,1-3H3. The van der Waals surface area contributed by atoms with E-state index in [1.54, 1.807) is 0 Å². The van der Waals surface area contributed by atoms with E-state index < -0.39 is 0 Å². The van der Waals surface area contributed by atoms with Crippen LogP contribution in [0.15, 0.2) is 28.7 Å². The molecule has 2 N–H and O–H groups in total. The van der Waals surface area contributed by atoms with E-state index in [9.17, 15) is 0 Å². The Morgan fingerprint density at radius 3 is 2.61 bits per heavy atom.